The van der Waals surface area contributed by atoms with Gasteiger partial charge in [-0.05, 0) is 37.3 Å². The van der Waals surface area contributed by atoms with Gasteiger partial charge in [-0.15, -0.1) is 0 Å². The molecule has 1 aromatic carbocycles. The highest BCUT2D eigenvalue weighted by Crippen LogP contribution is 2.41. The Morgan fingerprint density at radius 2 is 1.89 bits per heavy atom. The van der Waals surface area contributed by atoms with E-state index in [0.29, 0.717) is 11.8 Å². The average Bonchev–Trinajstić information content (AvgIpc) is 2.56. The molecule has 2 nitrogen and oxygen atoms in total. The van der Waals surface area contributed by atoms with Gasteiger partial charge in [0.15, 0.2) is 0 Å². The Balaban J connectivity index is 2.35. The molecule has 0 aliphatic carbocycles. The van der Waals surface area contributed by atoms with Crippen molar-refractivity contribution in [1.82, 2.24) is 0 Å². The minimum absolute atomic E-state index is 0.223. The molecule has 0 N–H and O–H groups in total. The molecule has 0 radical (unpaired) electrons. The van der Waals surface area contributed by atoms with E-state index in [-0.39, 0.29) is 5.91 Å². The van der Waals surface area contributed by atoms with Crippen LogP contribution in [0.3, 0.4) is 0 Å². The van der Waals surface area contributed by atoms with Gasteiger partial charge in [0.1, 0.15) is 0 Å². The number of halogens is 1. The van der Waals surface area contributed by atoms with Gasteiger partial charge in [0.2, 0.25) is 5.91 Å². The minimum atomic E-state index is -0.398. The fraction of sp³-hybridized carbons (Fsp3) is 0.562. The van der Waals surface area contributed by atoms with Crippen LogP contribution in [-0.2, 0) is 10.2 Å². The Morgan fingerprint density at radius 1 is 1.26 bits per heavy atom. The maximum absolute atomic E-state index is 12.7. The number of benzene rings is 1. The average molecular weight is 324 g/mol. The molecule has 1 aromatic rings. The van der Waals surface area contributed by atoms with E-state index >= 15 is 0 Å². The number of carbonyl (C=O) groups excluding carboxylic acids is 1. The van der Waals surface area contributed by atoms with Crippen LogP contribution in [0.15, 0.2) is 24.3 Å². The summed E-state index contributed by atoms with van der Waals surface area (Å²) in [5, 5.41) is 0.928. The van der Waals surface area contributed by atoms with Crippen molar-refractivity contribution in [3.05, 3.63) is 29.8 Å². The summed E-state index contributed by atoms with van der Waals surface area (Å²) in [6.07, 6.45) is 0. The van der Waals surface area contributed by atoms with Crippen molar-refractivity contribution in [3.8, 4) is 0 Å². The van der Waals surface area contributed by atoms with Gasteiger partial charge in [0.25, 0.3) is 0 Å². The molecule has 0 saturated carbocycles. The third kappa shape index (κ3) is 2.45. The lowest BCUT2D eigenvalue weighted by Crippen LogP contribution is -2.40. The normalized spacial score (nSPS) is 18.8. The second-order valence-electron chi connectivity index (χ2n) is 6.22. The van der Waals surface area contributed by atoms with Crippen molar-refractivity contribution >= 4 is 27.5 Å². The number of anilines is 1. The van der Waals surface area contributed by atoms with Gasteiger partial charge < -0.3 is 4.90 Å². The lowest BCUT2D eigenvalue weighted by Gasteiger charge is -2.27. The van der Waals surface area contributed by atoms with Gasteiger partial charge in [0, 0.05) is 17.6 Å². The second kappa shape index (κ2) is 5.28. The van der Waals surface area contributed by atoms with Crippen LogP contribution in [0.5, 0.6) is 0 Å². The van der Waals surface area contributed by atoms with Crippen molar-refractivity contribution in [2.45, 2.75) is 33.1 Å². The Kier molecular flexibility index (Phi) is 4.05. The molecule has 0 bridgehead atoms. The number of alkyl halides is 1. The van der Waals surface area contributed by atoms with Crippen LogP contribution < -0.4 is 4.90 Å². The molecule has 0 fully saturated rings. The number of rotatable bonds is 4. The lowest BCUT2D eigenvalue weighted by atomic mass is 9.86. The number of amides is 1. The molecule has 1 unspecified atom stereocenters. The van der Waals surface area contributed by atoms with Crippen molar-refractivity contribution < 1.29 is 4.79 Å². The standard InChI is InChI=1S/C16H22BrNO/c1-11(2)12(9-17)10-18-14-8-6-5-7-13(14)16(3,4)15(18)19/h5-8,11-12H,9-10H2,1-4H3. The summed E-state index contributed by atoms with van der Waals surface area (Å²) in [6, 6.07) is 8.17. The lowest BCUT2D eigenvalue weighted by molar-refractivity contribution is -0.122. The van der Waals surface area contributed by atoms with Gasteiger partial charge in [-0.3, -0.25) is 4.79 Å². The predicted octanol–water partition coefficient (Wildman–Crippen LogP) is 3.98. The maximum atomic E-state index is 12.7. The fourth-order valence-electron chi connectivity index (χ4n) is 2.65. The smallest absolute Gasteiger partial charge is 0.237 e. The van der Waals surface area contributed by atoms with Gasteiger partial charge >= 0.3 is 0 Å². The van der Waals surface area contributed by atoms with Crippen LogP contribution in [0.4, 0.5) is 5.69 Å². The topological polar surface area (TPSA) is 20.3 Å². The van der Waals surface area contributed by atoms with Crippen LogP contribution in [0.1, 0.15) is 33.3 Å². The highest BCUT2D eigenvalue weighted by atomic mass is 79.9. The SMILES string of the molecule is CC(C)C(CBr)CN1C(=O)C(C)(C)c2ccccc21. The third-order valence-corrected chi connectivity index (χ3v) is 5.04. The van der Waals surface area contributed by atoms with Gasteiger partial charge in [-0.2, -0.15) is 0 Å². The minimum Gasteiger partial charge on any atom is -0.311 e. The van der Waals surface area contributed by atoms with Crippen LogP contribution >= 0.6 is 15.9 Å². The van der Waals surface area contributed by atoms with Crippen LogP contribution in [0.2, 0.25) is 0 Å². The fourth-order valence-corrected chi connectivity index (χ4v) is 3.61. The van der Waals surface area contributed by atoms with Crippen molar-refractivity contribution in [2.75, 3.05) is 16.8 Å². The zero-order chi connectivity index (χ0) is 14.2. The Labute approximate surface area is 124 Å². The van der Waals surface area contributed by atoms with E-state index in [1.807, 2.05) is 30.9 Å². The molecule has 1 heterocycles. The first-order valence-corrected chi connectivity index (χ1v) is 7.99. The number of para-hydroxylation sites is 1. The molecule has 1 amide bonds. The summed E-state index contributed by atoms with van der Waals surface area (Å²) in [4.78, 5) is 14.6. The van der Waals surface area contributed by atoms with E-state index in [1.54, 1.807) is 0 Å². The Bertz CT molecular complexity index is 481. The first-order chi connectivity index (χ1) is 8.89. The first kappa shape index (κ1) is 14.6. The highest BCUT2D eigenvalue weighted by molar-refractivity contribution is 9.09. The molecular weight excluding hydrogens is 302 g/mol. The summed E-state index contributed by atoms with van der Waals surface area (Å²) in [5.41, 5.74) is 1.84. The molecule has 3 heteroatoms. The zero-order valence-corrected chi connectivity index (χ0v) is 13.7. The molecule has 19 heavy (non-hydrogen) atoms. The van der Waals surface area contributed by atoms with E-state index in [4.69, 9.17) is 0 Å². The largest absolute Gasteiger partial charge is 0.311 e. The number of fused-ring (bicyclic) bond motifs is 1. The quantitative estimate of drug-likeness (QED) is 0.767. The van der Waals surface area contributed by atoms with Crippen LogP contribution in [0.25, 0.3) is 0 Å². The first-order valence-electron chi connectivity index (χ1n) is 6.87. The number of hydrogen-bond acceptors (Lipinski definition) is 1. The molecule has 1 aliphatic heterocycles. The van der Waals surface area contributed by atoms with E-state index in [1.165, 1.54) is 0 Å². The Hall–Kier alpha value is -0.830. The number of carbonyl (C=O) groups is 1. The number of nitrogens with zero attached hydrogens (tertiary/aromatic N) is 1. The van der Waals surface area contributed by atoms with E-state index in [2.05, 4.69) is 41.9 Å². The molecule has 1 atom stereocenters. The predicted molar refractivity (Wildman–Crippen MR) is 83.9 cm³/mol. The zero-order valence-electron chi connectivity index (χ0n) is 12.1. The van der Waals surface area contributed by atoms with E-state index < -0.39 is 5.41 Å². The monoisotopic (exact) mass is 323 g/mol. The molecule has 0 saturated heterocycles. The van der Waals surface area contributed by atoms with Gasteiger partial charge in [-0.25, -0.2) is 0 Å². The summed E-state index contributed by atoms with van der Waals surface area (Å²) in [7, 11) is 0. The summed E-state index contributed by atoms with van der Waals surface area (Å²) < 4.78 is 0. The van der Waals surface area contributed by atoms with E-state index in [9.17, 15) is 4.79 Å². The highest BCUT2D eigenvalue weighted by Gasteiger charge is 2.44. The molecule has 104 valence electrons. The van der Waals surface area contributed by atoms with Crippen LogP contribution in [-0.4, -0.2) is 17.8 Å². The van der Waals surface area contributed by atoms with Gasteiger partial charge in [0.05, 0.1) is 5.41 Å². The number of hydrogen-bond donors (Lipinski definition) is 0. The van der Waals surface area contributed by atoms with Crippen molar-refractivity contribution in [3.63, 3.8) is 0 Å². The molecule has 2 rings (SSSR count). The molecule has 0 aromatic heterocycles. The second-order valence-corrected chi connectivity index (χ2v) is 6.86. The summed E-state index contributed by atoms with van der Waals surface area (Å²) in [5.74, 6) is 1.26. The molecular formula is C16H22BrNO. The van der Waals surface area contributed by atoms with E-state index in [0.717, 1.165) is 23.1 Å². The van der Waals surface area contributed by atoms with Crippen molar-refractivity contribution in [1.29, 1.82) is 0 Å². The van der Waals surface area contributed by atoms with Crippen molar-refractivity contribution in [2.24, 2.45) is 11.8 Å². The Morgan fingerprint density at radius 3 is 2.47 bits per heavy atom. The maximum Gasteiger partial charge on any atom is 0.237 e. The molecule has 0 spiro atoms. The summed E-state index contributed by atoms with van der Waals surface area (Å²) >= 11 is 3.57. The van der Waals surface area contributed by atoms with Gasteiger partial charge in [-0.1, -0.05) is 48.0 Å². The molecule has 1 aliphatic rings. The third-order valence-electron chi connectivity index (χ3n) is 4.21. The summed E-state index contributed by atoms with van der Waals surface area (Å²) in [6.45, 7) is 9.26. The van der Waals surface area contributed by atoms with Crippen LogP contribution in [0, 0.1) is 11.8 Å².